The third-order valence-electron chi connectivity index (χ3n) is 13.1. The van der Waals surface area contributed by atoms with Crippen LogP contribution in [0.4, 0.5) is 5.69 Å². The predicted octanol–water partition coefficient (Wildman–Crippen LogP) is 4.92. The van der Waals surface area contributed by atoms with Crippen molar-refractivity contribution in [3.8, 4) is 0 Å². The number of H-pyrrole nitrogens is 1. The quantitative estimate of drug-likeness (QED) is 0.0290. The topological polar surface area (TPSA) is 270 Å². The number of amides is 5. The number of benzene rings is 4. The maximum absolute atomic E-state index is 14.6. The van der Waals surface area contributed by atoms with E-state index in [1.54, 1.807) is 99.2 Å². The second-order valence-electron chi connectivity index (χ2n) is 20.4. The average Bonchev–Trinajstić information content (AvgIpc) is 3.87. The Labute approximate surface area is 466 Å². The summed E-state index contributed by atoms with van der Waals surface area (Å²) >= 11 is 1.42. The van der Waals surface area contributed by atoms with E-state index in [1.807, 2.05) is 69.4 Å². The van der Waals surface area contributed by atoms with Crippen LogP contribution in [-0.4, -0.2) is 128 Å². The molecule has 5 amide bonds. The molecule has 2 aromatic heterocycles. The fourth-order valence-electron chi connectivity index (χ4n) is 9.09. The van der Waals surface area contributed by atoms with Crippen molar-refractivity contribution in [2.75, 3.05) is 37.6 Å². The summed E-state index contributed by atoms with van der Waals surface area (Å²) < 4.78 is 36.5. The number of aliphatic hydroxyl groups is 1. The third-order valence-corrected chi connectivity index (χ3v) is 15.3. The average molecular weight is 1120 g/mol. The molecule has 8 N–H and O–H groups in total. The Balaban J connectivity index is 1.22. The van der Waals surface area contributed by atoms with E-state index in [2.05, 4.69) is 41.3 Å². The summed E-state index contributed by atoms with van der Waals surface area (Å²) in [5, 5.41) is 26.2. The second kappa shape index (κ2) is 29.0. The number of aromatic nitrogens is 2. The summed E-state index contributed by atoms with van der Waals surface area (Å²) in [5.41, 5.74) is 3.63. The van der Waals surface area contributed by atoms with Gasteiger partial charge in [-0.3, -0.25) is 29.0 Å². The number of esters is 1. The van der Waals surface area contributed by atoms with E-state index >= 15 is 0 Å². The zero-order valence-corrected chi connectivity index (χ0v) is 47.3. The minimum atomic E-state index is -4.36. The third kappa shape index (κ3) is 17.3. The predicted molar refractivity (Wildman–Crippen MR) is 307 cm³/mol. The molecule has 0 aliphatic carbocycles. The Bertz CT molecular complexity index is 3140. The van der Waals surface area contributed by atoms with E-state index in [-0.39, 0.29) is 55.4 Å². The van der Waals surface area contributed by atoms with Gasteiger partial charge in [0.2, 0.25) is 39.6 Å². The Morgan fingerprint density at radius 2 is 1.16 bits per heavy atom. The van der Waals surface area contributed by atoms with Crippen LogP contribution in [0.15, 0.2) is 127 Å². The number of thioether (sulfide) groups is 1. The number of para-hydroxylation sites is 1. The summed E-state index contributed by atoms with van der Waals surface area (Å²) in [6.45, 7) is 6.44. The molecule has 21 heteroatoms. The number of nitrogens with zero attached hydrogens (tertiary/aromatic N) is 2. The van der Waals surface area contributed by atoms with E-state index < -0.39 is 88.4 Å². The van der Waals surface area contributed by atoms with Crippen LogP contribution in [0, 0.1) is 11.8 Å². The fraction of sp³-hybridized carbons (Fsp3) is 0.397. The lowest BCUT2D eigenvalue weighted by molar-refractivity contribution is -0.150. The van der Waals surface area contributed by atoms with Crippen molar-refractivity contribution in [1.29, 1.82) is 0 Å². The Hall–Kier alpha value is -7.33. The number of carbonyl (C=O) groups is 6. The van der Waals surface area contributed by atoms with Gasteiger partial charge in [-0.2, -0.15) is 16.5 Å². The van der Waals surface area contributed by atoms with Crippen LogP contribution < -0.4 is 36.2 Å². The molecule has 2 heterocycles. The smallest absolute Gasteiger partial charge is 0.328 e. The van der Waals surface area contributed by atoms with Gasteiger partial charge >= 0.3 is 5.97 Å². The fourth-order valence-corrected chi connectivity index (χ4v) is 11.0. The van der Waals surface area contributed by atoms with E-state index in [0.717, 1.165) is 16.6 Å². The highest BCUT2D eigenvalue weighted by atomic mass is 32.2. The summed E-state index contributed by atoms with van der Waals surface area (Å²) in [7, 11) is -0.666. The zero-order valence-electron chi connectivity index (χ0n) is 45.7. The number of fused-ring (bicyclic) bond motifs is 2. The van der Waals surface area contributed by atoms with Crippen molar-refractivity contribution in [2.24, 2.45) is 11.8 Å². The molecule has 0 saturated carbocycles. The minimum Gasteiger partial charge on any atom is -0.459 e. The molecule has 0 fully saturated rings. The van der Waals surface area contributed by atoms with Crippen LogP contribution >= 0.6 is 11.8 Å². The van der Waals surface area contributed by atoms with E-state index in [4.69, 9.17) is 4.74 Å². The molecule has 4 aromatic carbocycles. The molecular formula is C58H73N9O10S2. The van der Waals surface area contributed by atoms with Gasteiger partial charge < -0.3 is 46.3 Å². The van der Waals surface area contributed by atoms with Gasteiger partial charge in [0, 0.05) is 72.9 Å². The van der Waals surface area contributed by atoms with Crippen molar-refractivity contribution in [1.82, 2.24) is 41.3 Å². The molecule has 0 aliphatic rings. The second-order valence-corrected chi connectivity index (χ2v) is 23.1. The molecule has 79 heavy (non-hydrogen) atoms. The normalized spacial score (nSPS) is 13.9. The van der Waals surface area contributed by atoms with Crippen LogP contribution in [0.2, 0.25) is 0 Å². The number of aliphatic hydroxyl groups excluding tert-OH is 1. The van der Waals surface area contributed by atoms with Gasteiger partial charge in [-0.15, -0.1) is 0 Å². The van der Waals surface area contributed by atoms with Crippen LogP contribution in [0.1, 0.15) is 63.6 Å². The van der Waals surface area contributed by atoms with Crippen molar-refractivity contribution in [3.63, 3.8) is 0 Å². The van der Waals surface area contributed by atoms with Crippen LogP contribution in [0.3, 0.4) is 0 Å². The van der Waals surface area contributed by atoms with Gasteiger partial charge in [0.1, 0.15) is 42.9 Å². The molecular weight excluding hydrogens is 1050 g/mol. The van der Waals surface area contributed by atoms with Gasteiger partial charge in [0.05, 0.1) is 11.5 Å². The molecule has 6 atom stereocenters. The first-order valence-corrected chi connectivity index (χ1v) is 29.1. The minimum absolute atomic E-state index is 0.00749. The number of nitrogens with one attached hydrogen (secondary N) is 7. The summed E-state index contributed by atoms with van der Waals surface area (Å²) in [4.78, 5) is 94.6. The Morgan fingerprint density at radius 3 is 1.82 bits per heavy atom. The monoisotopic (exact) mass is 1120 g/mol. The maximum Gasteiger partial charge on any atom is 0.328 e. The molecule has 0 bridgehead atoms. The van der Waals surface area contributed by atoms with Gasteiger partial charge in [-0.05, 0) is 90.1 Å². The van der Waals surface area contributed by atoms with Gasteiger partial charge in [-0.25, -0.2) is 13.2 Å². The Morgan fingerprint density at radius 1 is 0.620 bits per heavy atom. The Kier molecular flexibility index (Phi) is 22.4. The van der Waals surface area contributed by atoms with E-state index in [9.17, 15) is 42.3 Å². The lowest BCUT2D eigenvalue weighted by atomic mass is 10.0. The van der Waals surface area contributed by atoms with Crippen molar-refractivity contribution in [3.05, 3.63) is 138 Å². The molecule has 0 unspecified atom stereocenters. The van der Waals surface area contributed by atoms with E-state index in [1.165, 1.54) is 17.8 Å². The number of rotatable bonds is 29. The lowest BCUT2D eigenvalue weighted by Crippen LogP contribution is -2.60. The number of hydrogen-bond donors (Lipinski definition) is 8. The van der Waals surface area contributed by atoms with Gasteiger partial charge in [0.25, 0.3) is 0 Å². The number of sulfonamides is 1. The molecule has 0 spiro atoms. The standard InChI is InChI=1S/C58H73N9O10S2/c1-36(2)29-48(66-79(75,76)52-22-14-18-42-43(52)19-13-21-51(42)67(5)6)56(72)65-50(34-68)57(73)62-46(31-38-15-9-8-10-16-38)54(70)61-45(25-28-78-7)53(69)63-47(32-40-33-60-44-20-12-11-17-41(40)44)55(71)64-49(30-37(3)4)58(74)77-35-39-23-26-59-27-24-39/h8-24,26-27,33,36-37,45-50,60,66,68H,25,28-32,34-35H2,1-7H3,(H,61,70)(H,62,73)(H,63,69)(H,64,71)(H,65,72)/t45-,46-,47-,48-,49-,50-/m0/s1. The first kappa shape index (κ1) is 60.9. The van der Waals surface area contributed by atoms with E-state index in [0.29, 0.717) is 33.2 Å². The lowest BCUT2D eigenvalue weighted by Gasteiger charge is -2.28. The van der Waals surface area contributed by atoms with Gasteiger partial charge in [-0.1, -0.05) is 100 Å². The van der Waals surface area contributed by atoms with Crippen molar-refractivity contribution >= 4 is 84.7 Å². The first-order valence-electron chi connectivity index (χ1n) is 26.3. The number of ether oxygens (including phenoxy) is 1. The summed E-state index contributed by atoms with van der Waals surface area (Å²) in [6, 6.07) is 21.8. The number of pyridine rings is 1. The molecule has 422 valence electrons. The SMILES string of the molecule is CSCC[C@H](NC(=O)[C@H](Cc1ccccc1)NC(=O)[C@H](CO)NC(=O)[C@H](CC(C)C)NS(=O)(=O)c1cccc2c(N(C)C)cccc12)C(=O)N[C@@H](Cc1c[nH]c2ccccc12)C(=O)N[C@@H](CC(C)C)C(=O)OCc1ccncc1. The largest absolute Gasteiger partial charge is 0.459 e. The van der Waals surface area contributed by atoms with Crippen molar-refractivity contribution < 1.29 is 47.0 Å². The summed E-state index contributed by atoms with van der Waals surface area (Å²) in [5.74, 6) is -4.52. The number of aromatic amines is 1. The maximum atomic E-state index is 14.6. The number of hydrogen-bond acceptors (Lipinski definition) is 13. The number of anilines is 1. The zero-order chi connectivity index (χ0) is 57.2. The van der Waals surface area contributed by atoms with Crippen LogP contribution in [0.25, 0.3) is 21.7 Å². The molecule has 6 rings (SSSR count). The highest BCUT2D eigenvalue weighted by Gasteiger charge is 2.35. The first-order chi connectivity index (χ1) is 37.8. The summed E-state index contributed by atoms with van der Waals surface area (Å²) in [6.07, 6.45) is 6.99. The highest BCUT2D eigenvalue weighted by molar-refractivity contribution is 7.98. The number of carbonyl (C=O) groups excluding carboxylic acids is 6. The molecule has 6 aromatic rings. The molecule has 0 radical (unpaired) electrons. The molecule has 19 nitrogen and oxygen atoms in total. The highest BCUT2D eigenvalue weighted by Crippen LogP contribution is 2.30. The van der Waals surface area contributed by atoms with Gasteiger partial charge in [0.15, 0.2) is 0 Å². The van der Waals surface area contributed by atoms with Crippen LogP contribution in [0.5, 0.6) is 0 Å². The van der Waals surface area contributed by atoms with Crippen LogP contribution in [-0.2, 0) is 63.0 Å². The molecule has 0 aliphatic heterocycles. The molecule has 0 saturated heterocycles. The van der Waals surface area contributed by atoms with Crippen molar-refractivity contribution in [2.45, 2.75) is 108 Å².